The smallest absolute Gasteiger partial charge is 0.276 e. The van der Waals surface area contributed by atoms with E-state index >= 15 is 0 Å². The number of rotatable bonds is 8. The molecule has 0 aromatic carbocycles. The summed E-state index contributed by atoms with van der Waals surface area (Å²) in [7, 11) is 0. The zero-order valence-electron chi connectivity index (χ0n) is 12.1. The van der Waals surface area contributed by atoms with Crippen molar-refractivity contribution in [3.63, 3.8) is 0 Å². The Bertz CT molecular complexity index is 474. The Hall–Kier alpha value is -1.85. The molecule has 2 N–H and O–H groups in total. The summed E-state index contributed by atoms with van der Waals surface area (Å²) in [6, 6.07) is 3.27. The first-order chi connectivity index (χ1) is 9.58. The predicted octanol–water partition coefficient (Wildman–Crippen LogP) is 3.41. The molecular formula is C14H22N4O2. The molecule has 1 unspecified atom stereocenters. The van der Waals surface area contributed by atoms with E-state index in [9.17, 15) is 10.1 Å². The zero-order valence-corrected chi connectivity index (χ0v) is 12.1. The normalized spacial score (nSPS) is 15.7. The highest BCUT2D eigenvalue weighted by molar-refractivity contribution is 5.55. The topological polar surface area (TPSA) is 80.1 Å². The van der Waals surface area contributed by atoms with Gasteiger partial charge in [0.05, 0.1) is 17.1 Å². The standard InChI is InChI=1S/C14H22N4O2/c1-3-6-15-13-8-12(18(19)20)9-14(17-13)16-10(2)7-11-4-5-11/h8-11H,3-7H2,1-2H3,(H2,15,16,17). The molecule has 1 atom stereocenters. The SMILES string of the molecule is CCCNc1cc([N+](=O)[O-])cc(NC(C)CC2CC2)n1. The van der Waals surface area contributed by atoms with Crippen molar-refractivity contribution in [2.24, 2.45) is 5.92 Å². The van der Waals surface area contributed by atoms with Gasteiger partial charge in [-0.3, -0.25) is 10.1 Å². The van der Waals surface area contributed by atoms with Crippen molar-refractivity contribution in [3.8, 4) is 0 Å². The molecule has 1 saturated carbocycles. The summed E-state index contributed by atoms with van der Waals surface area (Å²) in [4.78, 5) is 15.0. The average molecular weight is 278 g/mol. The Morgan fingerprint density at radius 1 is 1.45 bits per heavy atom. The average Bonchev–Trinajstić information content (AvgIpc) is 3.19. The third kappa shape index (κ3) is 4.36. The van der Waals surface area contributed by atoms with Crippen LogP contribution in [0.5, 0.6) is 0 Å². The second-order valence-corrected chi connectivity index (χ2v) is 5.50. The van der Waals surface area contributed by atoms with Crippen LogP contribution >= 0.6 is 0 Å². The maximum atomic E-state index is 11.0. The fourth-order valence-corrected chi connectivity index (χ4v) is 2.20. The summed E-state index contributed by atoms with van der Waals surface area (Å²) in [6.45, 7) is 4.89. The lowest BCUT2D eigenvalue weighted by Gasteiger charge is -2.15. The Balaban J connectivity index is 2.08. The number of nitro groups is 1. The van der Waals surface area contributed by atoms with Gasteiger partial charge in [-0.05, 0) is 25.7 Å². The van der Waals surface area contributed by atoms with E-state index in [1.807, 2.05) is 6.92 Å². The van der Waals surface area contributed by atoms with Crippen LogP contribution in [0.2, 0.25) is 0 Å². The Morgan fingerprint density at radius 2 is 2.15 bits per heavy atom. The van der Waals surface area contributed by atoms with Crippen LogP contribution in [-0.4, -0.2) is 22.5 Å². The summed E-state index contributed by atoms with van der Waals surface area (Å²) >= 11 is 0. The molecule has 1 aliphatic rings. The highest BCUT2D eigenvalue weighted by atomic mass is 16.6. The third-order valence-corrected chi connectivity index (χ3v) is 3.36. The molecule has 6 heteroatoms. The van der Waals surface area contributed by atoms with Gasteiger partial charge in [0.25, 0.3) is 5.69 Å². The van der Waals surface area contributed by atoms with Gasteiger partial charge < -0.3 is 10.6 Å². The summed E-state index contributed by atoms with van der Waals surface area (Å²) in [5, 5.41) is 17.3. The molecule has 0 saturated heterocycles. The minimum absolute atomic E-state index is 0.0692. The minimum Gasteiger partial charge on any atom is -0.370 e. The van der Waals surface area contributed by atoms with E-state index in [2.05, 4.69) is 22.5 Å². The van der Waals surface area contributed by atoms with Gasteiger partial charge in [-0.15, -0.1) is 0 Å². The maximum Gasteiger partial charge on any atom is 0.276 e. The van der Waals surface area contributed by atoms with Gasteiger partial charge in [-0.25, -0.2) is 4.98 Å². The zero-order chi connectivity index (χ0) is 14.5. The van der Waals surface area contributed by atoms with Crippen LogP contribution in [0, 0.1) is 16.0 Å². The lowest BCUT2D eigenvalue weighted by Crippen LogP contribution is -2.17. The number of nitrogens with zero attached hydrogens (tertiary/aromatic N) is 2. The fourth-order valence-electron chi connectivity index (χ4n) is 2.20. The van der Waals surface area contributed by atoms with Gasteiger partial charge >= 0.3 is 0 Å². The first-order valence-corrected chi connectivity index (χ1v) is 7.25. The summed E-state index contributed by atoms with van der Waals surface area (Å²) < 4.78 is 0. The Labute approximate surface area is 119 Å². The second-order valence-electron chi connectivity index (χ2n) is 5.50. The molecule has 1 heterocycles. The highest BCUT2D eigenvalue weighted by Gasteiger charge is 2.24. The van der Waals surface area contributed by atoms with Crippen LogP contribution in [0.25, 0.3) is 0 Å². The van der Waals surface area contributed by atoms with Crippen molar-refractivity contribution < 1.29 is 4.92 Å². The number of anilines is 2. The lowest BCUT2D eigenvalue weighted by molar-refractivity contribution is -0.384. The molecule has 0 radical (unpaired) electrons. The Morgan fingerprint density at radius 3 is 2.75 bits per heavy atom. The molecule has 1 fully saturated rings. The predicted molar refractivity (Wildman–Crippen MR) is 80.1 cm³/mol. The Kier molecular flexibility index (Phi) is 4.76. The molecule has 20 heavy (non-hydrogen) atoms. The largest absolute Gasteiger partial charge is 0.370 e. The van der Waals surface area contributed by atoms with E-state index in [-0.39, 0.29) is 16.7 Å². The van der Waals surface area contributed by atoms with E-state index in [1.165, 1.54) is 25.0 Å². The first kappa shape index (κ1) is 14.6. The van der Waals surface area contributed by atoms with Crippen LogP contribution in [0.4, 0.5) is 17.3 Å². The van der Waals surface area contributed by atoms with Gasteiger partial charge in [0.2, 0.25) is 0 Å². The molecule has 0 spiro atoms. The van der Waals surface area contributed by atoms with Crippen molar-refractivity contribution in [2.45, 2.75) is 45.6 Å². The van der Waals surface area contributed by atoms with Gasteiger partial charge in [0.15, 0.2) is 0 Å². The molecule has 1 aromatic rings. The van der Waals surface area contributed by atoms with Gasteiger partial charge in [0.1, 0.15) is 11.6 Å². The number of pyridine rings is 1. The van der Waals surface area contributed by atoms with Crippen LogP contribution in [0.1, 0.15) is 39.5 Å². The van der Waals surface area contributed by atoms with Crippen molar-refractivity contribution >= 4 is 17.3 Å². The lowest BCUT2D eigenvalue weighted by atomic mass is 10.1. The molecule has 1 aliphatic carbocycles. The summed E-state index contributed by atoms with van der Waals surface area (Å²) in [6.07, 6.45) is 4.66. The summed E-state index contributed by atoms with van der Waals surface area (Å²) in [5.41, 5.74) is 0.0692. The van der Waals surface area contributed by atoms with Gasteiger partial charge in [-0.1, -0.05) is 19.8 Å². The molecular weight excluding hydrogens is 256 g/mol. The minimum atomic E-state index is -0.379. The van der Waals surface area contributed by atoms with E-state index in [1.54, 1.807) is 0 Å². The second kappa shape index (κ2) is 6.54. The van der Waals surface area contributed by atoms with Crippen molar-refractivity contribution in [3.05, 3.63) is 22.2 Å². The molecule has 0 aliphatic heterocycles. The summed E-state index contributed by atoms with van der Waals surface area (Å²) in [5.74, 6) is 1.95. The van der Waals surface area contributed by atoms with Crippen LogP contribution in [0.15, 0.2) is 12.1 Å². The monoisotopic (exact) mass is 278 g/mol. The quantitative estimate of drug-likeness (QED) is 0.562. The molecule has 6 nitrogen and oxygen atoms in total. The maximum absolute atomic E-state index is 11.0. The number of nitrogens with one attached hydrogen (secondary N) is 2. The fraction of sp³-hybridized carbons (Fsp3) is 0.643. The van der Waals surface area contributed by atoms with Crippen molar-refractivity contribution in [1.82, 2.24) is 4.98 Å². The third-order valence-electron chi connectivity index (χ3n) is 3.36. The van der Waals surface area contributed by atoms with Crippen LogP contribution in [0.3, 0.4) is 0 Å². The molecule has 1 aromatic heterocycles. The van der Waals surface area contributed by atoms with E-state index in [0.717, 1.165) is 25.3 Å². The highest BCUT2D eigenvalue weighted by Crippen LogP contribution is 2.34. The van der Waals surface area contributed by atoms with Crippen molar-refractivity contribution in [1.29, 1.82) is 0 Å². The van der Waals surface area contributed by atoms with E-state index in [4.69, 9.17) is 0 Å². The van der Waals surface area contributed by atoms with Gasteiger partial charge in [0, 0.05) is 12.6 Å². The first-order valence-electron chi connectivity index (χ1n) is 7.25. The van der Waals surface area contributed by atoms with E-state index in [0.29, 0.717) is 11.6 Å². The van der Waals surface area contributed by atoms with Crippen molar-refractivity contribution in [2.75, 3.05) is 17.2 Å². The molecule has 0 bridgehead atoms. The van der Waals surface area contributed by atoms with E-state index < -0.39 is 0 Å². The van der Waals surface area contributed by atoms with Crippen LogP contribution in [-0.2, 0) is 0 Å². The number of aromatic nitrogens is 1. The molecule has 0 amide bonds. The molecule has 2 rings (SSSR count). The number of hydrogen-bond acceptors (Lipinski definition) is 5. The number of hydrogen-bond donors (Lipinski definition) is 2. The van der Waals surface area contributed by atoms with Crippen LogP contribution < -0.4 is 10.6 Å². The van der Waals surface area contributed by atoms with Gasteiger partial charge in [-0.2, -0.15) is 0 Å². The molecule has 110 valence electrons.